The van der Waals surface area contributed by atoms with Gasteiger partial charge in [-0.25, -0.2) is 0 Å². The molecule has 0 aromatic rings. The molecule has 1 unspecified atom stereocenters. The van der Waals surface area contributed by atoms with Crippen LogP contribution >= 0.6 is 0 Å². The van der Waals surface area contributed by atoms with Crippen LogP contribution in [0.15, 0.2) is 12.2 Å². The summed E-state index contributed by atoms with van der Waals surface area (Å²) in [6.45, 7) is 3.48. The summed E-state index contributed by atoms with van der Waals surface area (Å²) in [5.74, 6) is -0.161. The lowest BCUT2D eigenvalue weighted by Crippen LogP contribution is -2.34. The van der Waals surface area contributed by atoms with Crippen LogP contribution in [0.1, 0.15) is 25.7 Å². The number of amides is 2. The first-order valence-corrected chi connectivity index (χ1v) is 8.44. The fourth-order valence-electron chi connectivity index (χ4n) is 2.24. The summed E-state index contributed by atoms with van der Waals surface area (Å²) in [5, 5.41) is 12.3. The SMILES string of the molecule is NCCOCCOCCNC(=O)CCCCCN1C(=O)C=CC1O. The molecule has 1 aliphatic rings. The van der Waals surface area contributed by atoms with Gasteiger partial charge in [0.2, 0.25) is 11.8 Å². The lowest BCUT2D eigenvalue weighted by molar-refractivity contribution is -0.131. The van der Waals surface area contributed by atoms with Crippen LogP contribution in [0.25, 0.3) is 0 Å². The maximum atomic E-state index is 11.6. The van der Waals surface area contributed by atoms with Crippen molar-refractivity contribution in [1.29, 1.82) is 0 Å². The van der Waals surface area contributed by atoms with Gasteiger partial charge in [-0.15, -0.1) is 0 Å². The Balaban J connectivity index is 1.87. The van der Waals surface area contributed by atoms with E-state index in [4.69, 9.17) is 15.2 Å². The van der Waals surface area contributed by atoms with Crippen molar-refractivity contribution < 1.29 is 24.2 Å². The number of nitrogens with zero attached hydrogens (tertiary/aromatic N) is 1. The second-order valence-electron chi connectivity index (χ2n) is 5.48. The number of hydrogen-bond acceptors (Lipinski definition) is 6. The highest BCUT2D eigenvalue weighted by Crippen LogP contribution is 2.10. The summed E-state index contributed by atoms with van der Waals surface area (Å²) in [5.41, 5.74) is 5.28. The van der Waals surface area contributed by atoms with Crippen molar-refractivity contribution in [3.63, 3.8) is 0 Å². The minimum absolute atomic E-state index is 0.00284. The van der Waals surface area contributed by atoms with E-state index < -0.39 is 6.23 Å². The smallest absolute Gasteiger partial charge is 0.248 e. The molecule has 0 aromatic carbocycles. The standard InChI is InChI=1S/C16H29N3O5/c17-7-10-23-12-13-24-11-8-18-14(20)4-2-1-3-9-19-15(21)5-6-16(19)22/h5-6,15,21H,1-4,7-13,17H2,(H,18,20). The van der Waals surface area contributed by atoms with Crippen molar-refractivity contribution in [3.05, 3.63) is 12.2 Å². The summed E-state index contributed by atoms with van der Waals surface area (Å²) in [6.07, 6.45) is 4.86. The number of ether oxygens (including phenoxy) is 2. The molecule has 1 atom stereocenters. The normalized spacial score (nSPS) is 16.8. The number of carbonyl (C=O) groups is 2. The zero-order valence-corrected chi connectivity index (χ0v) is 14.1. The quantitative estimate of drug-likeness (QED) is 0.362. The highest BCUT2D eigenvalue weighted by atomic mass is 16.5. The minimum atomic E-state index is -0.804. The average molecular weight is 343 g/mol. The summed E-state index contributed by atoms with van der Waals surface area (Å²) >= 11 is 0. The third-order valence-corrected chi connectivity index (χ3v) is 3.52. The van der Waals surface area contributed by atoms with E-state index in [0.717, 1.165) is 19.3 Å². The summed E-state index contributed by atoms with van der Waals surface area (Å²) in [7, 11) is 0. The number of unbranched alkanes of at least 4 members (excludes halogenated alkanes) is 2. The van der Waals surface area contributed by atoms with E-state index in [9.17, 15) is 14.7 Å². The molecule has 2 amide bonds. The maximum absolute atomic E-state index is 11.6. The van der Waals surface area contributed by atoms with E-state index in [2.05, 4.69) is 5.32 Å². The van der Waals surface area contributed by atoms with E-state index in [0.29, 0.717) is 52.5 Å². The molecular formula is C16H29N3O5. The van der Waals surface area contributed by atoms with Crippen LogP contribution in [0, 0.1) is 0 Å². The van der Waals surface area contributed by atoms with Gasteiger partial charge in [-0.05, 0) is 18.9 Å². The topological polar surface area (TPSA) is 114 Å². The molecular weight excluding hydrogens is 314 g/mol. The van der Waals surface area contributed by atoms with Crippen molar-refractivity contribution in [3.8, 4) is 0 Å². The Bertz CT molecular complexity index is 403. The number of aliphatic hydroxyl groups excluding tert-OH is 1. The third kappa shape index (κ3) is 8.97. The molecule has 8 heteroatoms. The Hall–Kier alpha value is -1.48. The molecule has 24 heavy (non-hydrogen) atoms. The van der Waals surface area contributed by atoms with Gasteiger partial charge in [-0.3, -0.25) is 9.59 Å². The van der Waals surface area contributed by atoms with Gasteiger partial charge in [0.15, 0.2) is 0 Å². The Morgan fingerprint density at radius 3 is 2.62 bits per heavy atom. The molecule has 0 aromatic heterocycles. The first-order chi connectivity index (χ1) is 11.6. The lowest BCUT2D eigenvalue weighted by Gasteiger charge is -2.20. The molecule has 0 spiro atoms. The predicted molar refractivity (Wildman–Crippen MR) is 89.0 cm³/mol. The Morgan fingerprint density at radius 2 is 1.96 bits per heavy atom. The fraction of sp³-hybridized carbons (Fsp3) is 0.750. The van der Waals surface area contributed by atoms with Gasteiger partial charge in [-0.2, -0.15) is 0 Å². The molecule has 1 aliphatic heterocycles. The minimum Gasteiger partial charge on any atom is -0.378 e. The van der Waals surface area contributed by atoms with Gasteiger partial charge in [0.25, 0.3) is 0 Å². The number of nitrogens with one attached hydrogen (secondary N) is 1. The van der Waals surface area contributed by atoms with E-state index in [1.165, 1.54) is 17.1 Å². The molecule has 4 N–H and O–H groups in total. The molecule has 0 radical (unpaired) electrons. The molecule has 0 saturated heterocycles. The van der Waals surface area contributed by atoms with Crippen LogP contribution in [-0.4, -0.2) is 74.1 Å². The van der Waals surface area contributed by atoms with Crippen LogP contribution in [0.2, 0.25) is 0 Å². The number of rotatable bonds is 14. The van der Waals surface area contributed by atoms with Gasteiger partial charge in [-0.1, -0.05) is 6.42 Å². The Kier molecular flexibility index (Phi) is 11.0. The molecule has 0 saturated carbocycles. The van der Waals surface area contributed by atoms with Crippen molar-refractivity contribution in [2.75, 3.05) is 46.1 Å². The van der Waals surface area contributed by atoms with Crippen LogP contribution < -0.4 is 11.1 Å². The van der Waals surface area contributed by atoms with Gasteiger partial charge in [0.1, 0.15) is 6.23 Å². The average Bonchev–Trinajstić information content (AvgIpc) is 2.88. The maximum Gasteiger partial charge on any atom is 0.248 e. The third-order valence-electron chi connectivity index (χ3n) is 3.52. The number of hydrogen-bond donors (Lipinski definition) is 3. The number of carbonyl (C=O) groups excluding carboxylic acids is 2. The van der Waals surface area contributed by atoms with Crippen LogP contribution in [0.4, 0.5) is 0 Å². The highest BCUT2D eigenvalue weighted by Gasteiger charge is 2.22. The van der Waals surface area contributed by atoms with E-state index >= 15 is 0 Å². The van der Waals surface area contributed by atoms with Crippen molar-refractivity contribution in [2.24, 2.45) is 5.73 Å². The van der Waals surface area contributed by atoms with Crippen molar-refractivity contribution in [2.45, 2.75) is 31.9 Å². The largest absolute Gasteiger partial charge is 0.378 e. The van der Waals surface area contributed by atoms with Gasteiger partial charge in [0, 0.05) is 32.1 Å². The molecule has 1 heterocycles. The first kappa shape index (κ1) is 20.6. The van der Waals surface area contributed by atoms with Crippen molar-refractivity contribution >= 4 is 11.8 Å². The zero-order valence-electron chi connectivity index (χ0n) is 14.1. The fourth-order valence-corrected chi connectivity index (χ4v) is 2.24. The van der Waals surface area contributed by atoms with Crippen LogP contribution in [0.5, 0.6) is 0 Å². The van der Waals surface area contributed by atoms with Crippen LogP contribution in [-0.2, 0) is 19.1 Å². The summed E-state index contributed by atoms with van der Waals surface area (Å²) in [4.78, 5) is 24.4. The zero-order chi connectivity index (χ0) is 17.6. The van der Waals surface area contributed by atoms with Gasteiger partial charge in [0.05, 0.1) is 26.4 Å². The second-order valence-corrected chi connectivity index (χ2v) is 5.48. The second kappa shape index (κ2) is 12.9. The molecule has 0 bridgehead atoms. The first-order valence-electron chi connectivity index (χ1n) is 8.44. The Morgan fingerprint density at radius 1 is 1.21 bits per heavy atom. The highest BCUT2D eigenvalue weighted by molar-refractivity contribution is 5.90. The lowest BCUT2D eigenvalue weighted by atomic mass is 10.2. The van der Waals surface area contributed by atoms with Crippen LogP contribution in [0.3, 0.4) is 0 Å². The summed E-state index contributed by atoms with van der Waals surface area (Å²) < 4.78 is 10.5. The van der Waals surface area contributed by atoms with Gasteiger partial charge < -0.3 is 30.5 Å². The van der Waals surface area contributed by atoms with Crippen molar-refractivity contribution in [1.82, 2.24) is 10.2 Å². The molecule has 0 fully saturated rings. The number of nitrogens with two attached hydrogens (primary N) is 1. The summed E-state index contributed by atoms with van der Waals surface area (Å²) in [6, 6.07) is 0. The molecule has 0 aliphatic carbocycles. The monoisotopic (exact) mass is 343 g/mol. The predicted octanol–water partition coefficient (Wildman–Crippen LogP) is -0.628. The van der Waals surface area contributed by atoms with Gasteiger partial charge >= 0.3 is 0 Å². The van der Waals surface area contributed by atoms with E-state index in [1.807, 2.05) is 0 Å². The van der Waals surface area contributed by atoms with E-state index in [1.54, 1.807) is 0 Å². The molecule has 138 valence electrons. The molecule has 8 nitrogen and oxygen atoms in total. The Labute approximate surface area is 143 Å². The molecule has 1 rings (SSSR count). The van der Waals surface area contributed by atoms with E-state index in [-0.39, 0.29) is 11.8 Å². The number of aliphatic hydroxyl groups is 1.